The maximum Gasteiger partial charge on any atom is 0.356 e. The highest BCUT2D eigenvalue weighted by atomic mass is 16.5. The van der Waals surface area contributed by atoms with Crippen molar-refractivity contribution >= 4 is 5.97 Å². The third-order valence-corrected chi connectivity index (χ3v) is 1.67. The Kier molecular flexibility index (Phi) is 2.55. The summed E-state index contributed by atoms with van der Waals surface area (Å²) in [6, 6.07) is 1.25. The second kappa shape index (κ2) is 3.47. The number of carbonyl (C=O) groups excluding carboxylic acids is 1. The van der Waals surface area contributed by atoms with Crippen LogP contribution < -0.4 is 5.56 Å². The Bertz CT molecular complexity index is 362. The third-order valence-electron chi connectivity index (χ3n) is 1.67. The van der Waals surface area contributed by atoms with Crippen LogP contribution in [0.3, 0.4) is 0 Å². The van der Waals surface area contributed by atoms with Crippen LogP contribution in [-0.2, 0) is 4.74 Å². The SMILES string of the molecule is COC(=O)c1cc(=O)[nH]n1C(C)C. The number of carbonyl (C=O) groups is 1. The molecule has 0 spiro atoms. The first-order valence-corrected chi connectivity index (χ1v) is 3.96. The van der Waals surface area contributed by atoms with Crippen molar-refractivity contribution in [1.29, 1.82) is 0 Å². The summed E-state index contributed by atoms with van der Waals surface area (Å²) in [6.45, 7) is 3.73. The van der Waals surface area contributed by atoms with Gasteiger partial charge < -0.3 is 4.74 Å². The van der Waals surface area contributed by atoms with Crippen molar-refractivity contribution in [3.8, 4) is 0 Å². The summed E-state index contributed by atoms with van der Waals surface area (Å²) in [7, 11) is 1.28. The second-order valence-electron chi connectivity index (χ2n) is 2.96. The van der Waals surface area contributed by atoms with Crippen molar-refractivity contribution in [3.05, 3.63) is 22.1 Å². The summed E-state index contributed by atoms with van der Waals surface area (Å²) in [6.07, 6.45) is 0. The first-order valence-electron chi connectivity index (χ1n) is 3.96. The van der Waals surface area contributed by atoms with Gasteiger partial charge in [-0.3, -0.25) is 14.6 Å². The highest BCUT2D eigenvalue weighted by Gasteiger charge is 2.14. The number of hydrogen-bond acceptors (Lipinski definition) is 3. The number of rotatable bonds is 2. The van der Waals surface area contributed by atoms with E-state index in [1.54, 1.807) is 0 Å². The molecule has 1 heterocycles. The minimum absolute atomic E-state index is 0.0248. The lowest BCUT2D eigenvalue weighted by atomic mass is 10.3. The smallest absolute Gasteiger partial charge is 0.356 e. The maximum absolute atomic E-state index is 11.2. The summed E-state index contributed by atoms with van der Waals surface area (Å²) < 4.78 is 6.00. The number of nitrogens with zero attached hydrogens (tertiary/aromatic N) is 1. The van der Waals surface area contributed by atoms with Crippen LogP contribution in [0, 0.1) is 0 Å². The Labute approximate surface area is 75.3 Å². The van der Waals surface area contributed by atoms with E-state index in [-0.39, 0.29) is 17.3 Å². The fourth-order valence-corrected chi connectivity index (χ4v) is 1.07. The molecule has 0 saturated carbocycles. The molecule has 0 radical (unpaired) electrons. The van der Waals surface area contributed by atoms with Gasteiger partial charge in [0.1, 0.15) is 5.69 Å². The maximum atomic E-state index is 11.2. The third kappa shape index (κ3) is 1.80. The van der Waals surface area contributed by atoms with Crippen LogP contribution in [0.2, 0.25) is 0 Å². The van der Waals surface area contributed by atoms with E-state index in [4.69, 9.17) is 0 Å². The predicted molar refractivity (Wildman–Crippen MR) is 46.8 cm³/mol. The van der Waals surface area contributed by atoms with E-state index < -0.39 is 5.97 Å². The summed E-state index contributed by atoms with van der Waals surface area (Å²) in [5.74, 6) is -0.507. The van der Waals surface area contributed by atoms with Crippen LogP contribution >= 0.6 is 0 Å². The quantitative estimate of drug-likeness (QED) is 0.682. The van der Waals surface area contributed by atoms with Gasteiger partial charge in [0.2, 0.25) is 0 Å². The summed E-state index contributed by atoms with van der Waals surface area (Å²) in [5.41, 5.74) is -0.0448. The van der Waals surface area contributed by atoms with Crippen molar-refractivity contribution in [2.75, 3.05) is 7.11 Å². The molecule has 0 bridgehead atoms. The van der Waals surface area contributed by atoms with E-state index in [1.807, 2.05) is 13.8 Å². The van der Waals surface area contributed by atoms with Gasteiger partial charge in [-0.2, -0.15) is 0 Å². The summed E-state index contributed by atoms with van der Waals surface area (Å²) in [5, 5.41) is 2.52. The molecular weight excluding hydrogens is 172 g/mol. The normalized spacial score (nSPS) is 10.5. The molecule has 72 valence electrons. The lowest BCUT2D eigenvalue weighted by Gasteiger charge is -2.09. The average Bonchev–Trinajstić information content (AvgIpc) is 2.46. The van der Waals surface area contributed by atoms with Gasteiger partial charge in [-0.1, -0.05) is 0 Å². The van der Waals surface area contributed by atoms with Crippen LogP contribution in [0.1, 0.15) is 30.4 Å². The molecule has 0 aromatic carbocycles. The largest absolute Gasteiger partial charge is 0.464 e. The monoisotopic (exact) mass is 184 g/mol. The molecule has 0 aliphatic carbocycles. The molecule has 0 fully saturated rings. The van der Waals surface area contributed by atoms with E-state index in [0.717, 1.165) is 0 Å². The minimum Gasteiger partial charge on any atom is -0.464 e. The van der Waals surface area contributed by atoms with Crippen LogP contribution in [0.25, 0.3) is 0 Å². The minimum atomic E-state index is -0.507. The zero-order chi connectivity index (χ0) is 10.0. The fourth-order valence-electron chi connectivity index (χ4n) is 1.07. The first-order chi connectivity index (χ1) is 6.06. The van der Waals surface area contributed by atoms with Crippen molar-refractivity contribution in [2.24, 2.45) is 0 Å². The van der Waals surface area contributed by atoms with Crippen molar-refractivity contribution < 1.29 is 9.53 Å². The number of aromatic nitrogens is 2. The predicted octanol–water partition coefficient (Wildman–Crippen LogP) is 0.544. The van der Waals surface area contributed by atoms with E-state index in [1.165, 1.54) is 17.9 Å². The Morgan fingerprint density at radius 2 is 2.23 bits per heavy atom. The molecule has 0 saturated heterocycles. The Morgan fingerprint density at radius 1 is 1.62 bits per heavy atom. The number of esters is 1. The van der Waals surface area contributed by atoms with Crippen LogP contribution in [0.5, 0.6) is 0 Å². The van der Waals surface area contributed by atoms with Gasteiger partial charge in [0.05, 0.1) is 7.11 Å². The van der Waals surface area contributed by atoms with E-state index in [2.05, 4.69) is 9.84 Å². The first kappa shape index (κ1) is 9.57. The molecular formula is C8H12N2O3. The lowest BCUT2D eigenvalue weighted by molar-refractivity contribution is 0.0584. The molecule has 0 amide bonds. The molecule has 1 rings (SSSR count). The number of ether oxygens (including phenoxy) is 1. The van der Waals surface area contributed by atoms with Crippen LogP contribution in [0.4, 0.5) is 0 Å². The summed E-state index contributed by atoms with van der Waals surface area (Å²) >= 11 is 0. The second-order valence-corrected chi connectivity index (χ2v) is 2.96. The standard InChI is InChI=1S/C8H12N2O3/c1-5(2)10-6(8(12)13-3)4-7(11)9-10/h4-5H,1-3H3,(H,9,11). The molecule has 1 aromatic rings. The molecule has 0 aliphatic rings. The fraction of sp³-hybridized carbons (Fsp3) is 0.500. The number of hydrogen-bond donors (Lipinski definition) is 1. The zero-order valence-corrected chi connectivity index (χ0v) is 7.83. The van der Waals surface area contributed by atoms with Gasteiger partial charge in [-0.25, -0.2) is 4.79 Å². The van der Waals surface area contributed by atoms with Crippen molar-refractivity contribution in [2.45, 2.75) is 19.9 Å². The van der Waals surface area contributed by atoms with Gasteiger partial charge in [-0.05, 0) is 13.8 Å². The van der Waals surface area contributed by atoms with Crippen LogP contribution in [0.15, 0.2) is 10.9 Å². The van der Waals surface area contributed by atoms with Gasteiger partial charge >= 0.3 is 5.97 Å². The number of nitrogens with one attached hydrogen (secondary N) is 1. The van der Waals surface area contributed by atoms with Crippen molar-refractivity contribution in [1.82, 2.24) is 9.78 Å². The molecule has 0 atom stereocenters. The van der Waals surface area contributed by atoms with Crippen molar-refractivity contribution in [3.63, 3.8) is 0 Å². The summed E-state index contributed by atoms with van der Waals surface area (Å²) in [4.78, 5) is 22.1. The molecule has 1 aromatic heterocycles. The van der Waals surface area contributed by atoms with Gasteiger partial charge in [0.15, 0.2) is 0 Å². The molecule has 5 nitrogen and oxygen atoms in total. The van der Waals surface area contributed by atoms with Gasteiger partial charge in [-0.15, -0.1) is 0 Å². The molecule has 1 N–H and O–H groups in total. The number of methoxy groups -OCH3 is 1. The Morgan fingerprint density at radius 3 is 2.69 bits per heavy atom. The average molecular weight is 184 g/mol. The van der Waals surface area contributed by atoms with E-state index >= 15 is 0 Å². The van der Waals surface area contributed by atoms with E-state index in [9.17, 15) is 9.59 Å². The molecule has 0 unspecified atom stereocenters. The highest BCUT2D eigenvalue weighted by molar-refractivity contribution is 5.87. The molecule has 0 aliphatic heterocycles. The number of H-pyrrole nitrogens is 1. The van der Waals surface area contributed by atoms with Gasteiger partial charge in [0.25, 0.3) is 5.56 Å². The van der Waals surface area contributed by atoms with E-state index in [0.29, 0.717) is 0 Å². The lowest BCUT2D eigenvalue weighted by Crippen LogP contribution is -2.14. The van der Waals surface area contributed by atoms with Crippen LogP contribution in [-0.4, -0.2) is 22.9 Å². The number of aromatic amines is 1. The zero-order valence-electron chi connectivity index (χ0n) is 7.83. The van der Waals surface area contributed by atoms with Gasteiger partial charge in [0, 0.05) is 12.1 Å². The molecule has 5 heteroatoms. The Balaban J connectivity index is 3.19. The highest BCUT2D eigenvalue weighted by Crippen LogP contribution is 2.06. The molecule has 13 heavy (non-hydrogen) atoms. The Hall–Kier alpha value is -1.52. The topological polar surface area (TPSA) is 64.1 Å².